The Morgan fingerprint density at radius 3 is 2.58 bits per heavy atom. The molecule has 1 saturated heterocycles. The minimum atomic E-state index is 0.384. The molecule has 1 aliphatic rings. The quantitative estimate of drug-likeness (QED) is 0.838. The lowest BCUT2D eigenvalue weighted by atomic mass is 10.2. The van der Waals surface area contributed by atoms with Crippen molar-refractivity contribution in [2.75, 3.05) is 31.1 Å². The van der Waals surface area contributed by atoms with Gasteiger partial charge in [-0.3, -0.25) is 9.58 Å². The molecular formula is C16H20ClN7. The van der Waals surface area contributed by atoms with Crippen LogP contribution in [0, 0.1) is 11.3 Å². The van der Waals surface area contributed by atoms with Crippen molar-refractivity contribution in [3.05, 3.63) is 34.5 Å². The molecule has 24 heavy (non-hydrogen) atoms. The summed E-state index contributed by atoms with van der Waals surface area (Å²) < 4.78 is 1.74. The number of anilines is 1. The van der Waals surface area contributed by atoms with Crippen LogP contribution in [0.2, 0.25) is 5.15 Å². The molecule has 1 fully saturated rings. The van der Waals surface area contributed by atoms with Gasteiger partial charge in [0.05, 0.1) is 5.69 Å². The summed E-state index contributed by atoms with van der Waals surface area (Å²) >= 11 is 6.39. The molecule has 0 bridgehead atoms. The van der Waals surface area contributed by atoms with Crippen LogP contribution in [0.3, 0.4) is 0 Å². The Balaban J connectivity index is 1.67. The number of aryl methyl sites for hydroxylation is 2. The van der Waals surface area contributed by atoms with E-state index in [4.69, 9.17) is 11.6 Å². The minimum Gasteiger partial charge on any atom is -0.352 e. The standard InChI is InChI=1S/C16H20ClN7/c1-3-13-12(15(17)22(2)21-13)11-23-6-8-24(9-7-23)16-14(10-18)19-4-5-20-16/h4-5H,3,6-9,11H2,1-2H3. The zero-order chi connectivity index (χ0) is 17.1. The summed E-state index contributed by atoms with van der Waals surface area (Å²) in [4.78, 5) is 12.9. The third-order valence-electron chi connectivity index (χ3n) is 4.33. The first kappa shape index (κ1) is 16.7. The monoisotopic (exact) mass is 345 g/mol. The second-order valence-corrected chi connectivity index (χ2v) is 6.15. The normalized spacial score (nSPS) is 15.5. The summed E-state index contributed by atoms with van der Waals surface area (Å²) in [5.74, 6) is 0.674. The van der Waals surface area contributed by atoms with Gasteiger partial charge in [0.1, 0.15) is 11.2 Å². The van der Waals surface area contributed by atoms with E-state index >= 15 is 0 Å². The van der Waals surface area contributed by atoms with Crippen LogP contribution in [0.15, 0.2) is 12.4 Å². The Labute approximate surface area is 146 Å². The highest BCUT2D eigenvalue weighted by molar-refractivity contribution is 6.30. The van der Waals surface area contributed by atoms with E-state index in [1.807, 2.05) is 7.05 Å². The number of nitriles is 1. The van der Waals surface area contributed by atoms with E-state index in [-0.39, 0.29) is 0 Å². The predicted molar refractivity (Wildman–Crippen MR) is 91.8 cm³/mol. The van der Waals surface area contributed by atoms with Crippen molar-refractivity contribution in [3.8, 4) is 6.07 Å². The maximum Gasteiger partial charge on any atom is 0.183 e. The molecule has 2 aromatic heterocycles. The van der Waals surface area contributed by atoms with Crippen molar-refractivity contribution >= 4 is 17.4 Å². The van der Waals surface area contributed by atoms with Gasteiger partial charge in [0.25, 0.3) is 0 Å². The van der Waals surface area contributed by atoms with Crippen molar-refractivity contribution < 1.29 is 0 Å². The molecule has 0 aliphatic carbocycles. The first-order valence-corrected chi connectivity index (χ1v) is 8.40. The van der Waals surface area contributed by atoms with E-state index in [1.165, 1.54) is 0 Å². The molecule has 8 heteroatoms. The summed E-state index contributed by atoms with van der Waals surface area (Å²) in [6, 6.07) is 2.11. The van der Waals surface area contributed by atoms with Crippen molar-refractivity contribution in [2.45, 2.75) is 19.9 Å². The molecular weight excluding hydrogens is 326 g/mol. The zero-order valence-electron chi connectivity index (χ0n) is 13.9. The number of aromatic nitrogens is 4. The largest absolute Gasteiger partial charge is 0.352 e. The molecule has 0 saturated carbocycles. The molecule has 7 nitrogen and oxygen atoms in total. The summed E-state index contributed by atoms with van der Waals surface area (Å²) in [7, 11) is 1.88. The Hall–Kier alpha value is -2.17. The van der Waals surface area contributed by atoms with Crippen LogP contribution in [0.5, 0.6) is 0 Å². The fourth-order valence-electron chi connectivity index (χ4n) is 3.02. The molecule has 0 spiro atoms. The van der Waals surface area contributed by atoms with E-state index < -0.39 is 0 Å². The van der Waals surface area contributed by atoms with Crippen molar-refractivity contribution in [1.29, 1.82) is 5.26 Å². The maximum atomic E-state index is 9.17. The Bertz CT molecular complexity index is 756. The molecule has 0 radical (unpaired) electrons. The lowest BCUT2D eigenvalue weighted by molar-refractivity contribution is 0.248. The molecule has 1 aliphatic heterocycles. The first-order valence-electron chi connectivity index (χ1n) is 8.02. The van der Waals surface area contributed by atoms with Crippen LogP contribution < -0.4 is 4.90 Å². The van der Waals surface area contributed by atoms with Crippen LogP contribution >= 0.6 is 11.6 Å². The van der Waals surface area contributed by atoms with Gasteiger partial charge in [0.15, 0.2) is 11.5 Å². The van der Waals surface area contributed by atoms with Gasteiger partial charge in [-0.15, -0.1) is 0 Å². The molecule has 3 heterocycles. The third kappa shape index (κ3) is 3.21. The van der Waals surface area contributed by atoms with E-state index in [0.29, 0.717) is 11.5 Å². The number of hydrogen-bond donors (Lipinski definition) is 0. The summed E-state index contributed by atoms with van der Waals surface area (Å²) in [5.41, 5.74) is 2.56. The molecule has 0 unspecified atom stereocenters. The summed E-state index contributed by atoms with van der Waals surface area (Å²) in [6.07, 6.45) is 4.06. The van der Waals surface area contributed by atoms with Crippen LogP contribution in [-0.4, -0.2) is 50.8 Å². The molecule has 0 N–H and O–H groups in total. The topological polar surface area (TPSA) is 73.9 Å². The Kier molecular flexibility index (Phi) is 4.97. The van der Waals surface area contributed by atoms with Crippen LogP contribution in [-0.2, 0) is 20.0 Å². The Morgan fingerprint density at radius 2 is 1.92 bits per heavy atom. The van der Waals surface area contributed by atoms with Gasteiger partial charge in [-0.2, -0.15) is 10.4 Å². The second-order valence-electron chi connectivity index (χ2n) is 5.80. The van der Waals surface area contributed by atoms with Gasteiger partial charge in [-0.1, -0.05) is 18.5 Å². The number of rotatable bonds is 4. The van der Waals surface area contributed by atoms with Crippen LogP contribution in [0.4, 0.5) is 5.82 Å². The van der Waals surface area contributed by atoms with Crippen molar-refractivity contribution in [2.24, 2.45) is 7.05 Å². The average Bonchev–Trinajstić information content (AvgIpc) is 2.90. The van der Waals surface area contributed by atoms with Crippen LogP contribution in [0.25, 0.3) is 0 Å². The smallest absolute Gasteiger partial charge is 0.183 e. The fourth-order valence-corrected chi connectivity index (χ4v) is 3.23. The van der Waals surface area contributed by atoms with Crippen LogP contribution in [0.1, 0.15) is 23.9 Å². The van der Waals surface area contributed by atoms with Crippen molar-refractivity contribution in [1.82, 2.24) is 24.6 Å². The molecule has 0 atom stereocenters. The molecule has 126 valence electrons. The summed E-state index contributed by atoms with van der Waals surface area (Å²) in [5, 5.41) is 14.4. The SMILES string of the molecule is CCc1nn(C)c(Cl)c1CN1CCN(c2nccnc2C#N)CC1. The highest BCUT2D eigenvalue weighted by Gasteiger charge is 2.23. The maximum absolute atomic E-state index is 9.17. The van der Waals surface area contributed by atoms with E-state index in [9.17, 15) is 5.26 Å². The van der Waals surface area contributed by atoms with Gasteiger partial charge >= 0.3 is 0 Å². The predicted octanol–water partition coefficient (Wildman–Crippen LogP) is 1.62. The molecule has 3 rings (SSSR count). The zero-order valence-corrected chi connectivity index (χ0v) is 14.7. The highest BCUT2D eigenvalue weighted by Crippen LogP contribution is 2.23. The fraction of sp³-hybridized carbons (Fsp3) is 0.500. The minimum absolute atomic E-state index is 0.384. The second kappa shape index (κ2) is 7.16. The van der Waals surface area contributed by atoms with Gasteiger partial charge in [-0.25, -0.2) is 9.97 Å². The summed E-state index contributed by atoms with van der Waals surface area (Å²) in [6.45, 7) is 6.29. The van der Waals surface area contributed by atoms with E-state index in [1.54, 1.807) is 17.1 Å². The number of hydrogen-bond acceptors (Lipinski definition) is 6. The number of halogens is 1. The van der Waals surface area contributed by atoms with Gasteiger partial charge in [0, 0.05) is 57.7 Å². The Morgan fingerprint density at radius 1 is 1.21 bits per heavy atom. The molecule has 0 aromatic carbocycles. The molecule has 2 aromatic rings. The average molecular weight is 346 g/mol. The van der Waals surface area contributed by atoms with Gasteiger partial charge < -0.3 is 4.90 Å². The lowest BCUT2D eigenvalue weighted by Crippen LogP contribution is -2.46. The lowest BCUT2D eigenvalue weighted by Gasteiger charge is -2.35. The first-order chi connectivity index (χ1) is 11.6. The van der Waals surface area contributed by atoms with E-state index in [0.717, 1.165) is 55.6 Å². The third-order valence-corrected chi connectivity index (χ3v) is 4.80. The number of nitrogens with zero attached hydrogens (tertiary/aromatic N) is 7. The highest BCUT2D eigenvalue weighted by atomic mass is 35.5. The molecule has 0 amide bonds. The van der Waals surface area contributed by atoms with Gasteiger partial charge in [-0.05, 0) is 6.42 Å². The van der Waals surface area contributed by atoms with Crippen molar-refractivity contribution in [3.63, 3.8) is 0 Å². The van der Waals surface area contributed by atoms with E-state index in [2.05, 4.69) is 37.9 Å². The number of piperazine rings is 1. The van der Waals surface area contributed by atoms with Gasteiger partial charge in [0.2, 0.25) is 0 Å².